The van der Waals surface area contributed by atoms with Crippen LogP contribution in [0.1, 0.15) is 62.3 Å². The maximum Gasteiger partial charge on any atom is 0.255 e. The van der Waals surface area contributed by atoms with Crippen molar-refractivity contribution in [2.75, 3.05) is 24.4 Å². The number of para-hydroxylation sites is 1. The molecule has 1 aliphatic rings. The summed E-state index contributed by atoms with van der Waals surface area (Å²) in [6.07, 6.45) is 4.41. The standard InChI is InChI=1S/C34H37BrClN5O3S/c1-5-6-7-12-17-44-31-25(35)18-24(19-28(31)43-4)30-29(32(42)38-27-16-11-8-13-21(27)2)22(3)37-33-39-34(40-41(30)33)45-20-23-14-9-10-15-26(23)36/h8-11,13-16,18-19,30H,5-7,12,17,20H2,1-4H3,(H,38,42)(H,37,39,40). The van der Waals surface area contributed by atoms with Crippen LogP contribution in [0.3, 0.4) is 0 Å². The van der Waals surface area contributed by atoms with E-state index < -0.39 is 6.04 Å². The van der Waals surface area contributed by atoms with E-state index in [2.05, 4.69) is 33.5 Å². The number of aryl methyl sites for hydroxylation is 1. The van der Waals surface area contributed by atoms with E-state index in [9.17, 15) is 4.79 Å². The van der Waals surface area contributed by atoms with Gasteiger partial charge in [-0.2, -0.15) is 4.98 Å². The normalized spacial score (nSPS) is 14.1. The summed E-state index contributed by atoms with van der Waals surface area (Å²) in [4.78, 5) is 18.8. The average Bonchev–Trinajstić information content (AvgIpc) is 3.43. The third-order valence-electron chi connectivity index (χ3n) is 7.60. The molecular formula is C34H37BrClN5O3S. The van der Waals surface area contributed by atoms with Crippen molar-refractivity contribution in [2.24, 2.45) is 0 Å². The Morgan fingerprint density at radius 2 is 1.89 bits per heavy atom. The van der Waals surface area contributed by atoms with E-state index >= 15 is 0 Å². The first-order chi connectivity index (χ1) is 21.8. The number of unbranched alkanes of at least 4 members (excludes halogenated alkanes) is 3. The topological polar surface area (TPSA) is 90.3 Å². The Morgan fingerprint density at radius 1 is 1.11 bits per heavy atom. The molecule has 236 valence electrons. The molecule has 1 amide bonds. The summed E-state index contributed by atoms with van der Waals surface area (Å²) in [7, 11) is 1.62. The quantitative estimate of drug-likeness (QED) is 0.106. The van der Waals surface area contributed by atoms with Crippen molar-refractivity contribution in [3.05, 3.63) is 98.1 Å². The number of aromatic nitrogens is 3. The first kappa shape index (κ1) is 32.9. The van der Waals surface area contributed by atoms with Crippen molar-refractivity contribution >= 4 is 56.8 Å². The van der Waals surface area contributed by atoms with Crippen LogP contribution in [0, 0.1) is 6.92 Å². The van der Waals surface area contributed by atoms with Crippen molar-refractivity contribution in [3.8, 4) is 11.5 Å². The number of anilines is 2. The molecule has 0 saturated carbocycles. The van der Waals surface area contributed by atoms with Gasteiger partial charge in [0, 0.05) is 22.2 Å². The highest BCUT2D eigenvalue weighted by Crippen LogP contribution is 2.43. The number of carbonyl (C=O) groups excluding carboxylic acids is 1. The van der Waals surface area contributed by atoms with Gasteiger partial charge in [-0.05, 0) is 77.2 Å². The molecular weight excluding hydrogens is 674 g/mol. The Bertz CT molecular complexity index is 1710. The van der Waals surface area contributed by atoms with E-state index in [1.165, 1.54) is 18.2 Å². The third kappa shape index (κ3) is 7.68. The predicted molar refractivity (Wildman–Crippen MR) is 186 cm³/mol. The minimum absolute atomic E-state index is 0.239. The molecule has 1 aliphatic heterocycles. The zero-order valence-electron chi connectivity index (χ0n) is 25.8. The van der Waals surface area contributed by atoms with Crippen LogP contribution in [-0.2, 0) is 10.5 Å². The lowest BCUT2D eigenvalue weighted by atomic mass is 9.94. The molecule has 2 N–H and O–H groups in total. The lowest BCUT2D eigenvalue weighted by molar-refractivity contribution is -0.113. The SMILES string of the molecule is CCCCCCOc1c(Br)cc(C2C(C(=O)Nc3ccccc3C)=C(C)Nc3nc(SCc4ccccc4Cl)nn32)cc1OC. The number of rotatable bonds is 13. The second kappa shape index (κ2) is 15.2. The van der Waals surface area contributed by atoms with Crippen LogP contribution in [0.2, 0.25) is 5.02 Å². The van der Waals surface area contributed by atoms with E-state index in [1.54, 1.807) is 11.8 Å². The monoisotopic (exact) mass is 709 g/mol. The molecule has 1 atom stereocenters. The van der Waals surface area contributed by atoms with Crippen LogP contribution in [0.25, 0.3) is 0 Å². The third-order valence-corrected chi connectivity index (χ3v) is 9.44. The van der Waals surface area contributed by atoms with Crippen LogP contribution in [0.15, 0.2) is 81.6 Å². The molecule has 0 saturated heterocycles. The fourth-order valence-corrected chi connectivity index (χ4v) is 6.89. The lowest BCUT2D eigenvalue weighted by Gasteiger charge is -2.29. The van der Waals surface area contributed by atoms with E-state index in [0.717, 1.165) is 46.1 Å². The van der Waals surface area contributed by atoms with E-state index in [1.807, 2.05) is 74.5 Å². The van der Waals surface area contributed by atoms with Gasteiger partial charge in [0.15, 0.2) is 11.5 Å². The van der Waals surface area contributed by atoms with Gasteiger partial charge in [-0.1, -0.05) is 85.9 Å². The number of carbonyl (C=O) groups is 1. The van der Waals surface area contributed by atoms with Crippen molar-refractivity contribution in [2.45, 2.75) is 63.4 Å². The Morgan fingerprint density at radius 3 is 2.64 bits per heavy atom. The van der Waals surface area contributed by atoms with Gasteiger partial charge in [0.2, 0.25) is 11.1 Å². The van der Waals surface area contributed by atoms with E-state index in [-0.39, 0.29) is 5.91 Å². The maximum atomic E-state index is 14.1. The Kier molecular flexibility index (Phi) is 11.1. The number of fused-ring (bicyclic) bond motifs is 1. The largest absolute Gasteiger partial charge is 0.493 e. The van der Waals surface area contributed by atoms with E-state index in [4.69, 9.17) is 31.2 Å². The van der Waals surface area contributed by atoms with E-state index in [0.29, 0.717) is 51.3 Å². The van der Waals surface area contributed by atoms with Crippen molar-refractivity contribution in [1.82, 2.24) is 14.8 Å². The number of nitrogens with one attached hydrogen (secondary N) is 2. The number of allylic oxidation sites excluding steroid dienone is 1. The molecule has 1 aromatic heterocycles. The highest BCUT2D eigenvalue weighted by atomic mass is 79.9. The smallest absolute Gasteiger partial charge is 0.255 e. The molecule has 0 spiro atoms. The highest BCUT2D eigenvalue weighted by Gasteiger charge is 2.35. The number of methoxy groups -OCH3 is 1. The fraction of sp³-hybridized carbons (Fsp3) is 0.324. The number of thioether (sulfide) groups is 1. The Balaban J connectivity index is 1.52. The molecule has 0 bridgehead atoms. The summed E-state index contributed by atoms with van der Waals surface area (Å²) >= 11 is 11.6. The van der Waals surface area contributed by atoms with Crippen LogP contribution >= 0.6 is 39.3 Å². The van der Waals surface area contributed by atoms with Gasteiger partial charge in [0.25, 0.3) is 5.91 Å². The van der Waals surface area contributed by atoms with Gasteiger partial charge >= 0.3 is 0 Å². The number of benzene rings is 3. The minimum Gasteiger partial charge on any atom is -0.493 e. The van der Waals surface area contributed by atoms with Crippen LogP contribution in [0.5, 0.6) is 11.5 Å². The fourth-order valence-electron chi connectivity index (χ4n) is 5.20. The Hall–Kier alpha value is -3.47. The average molecular weight is 711 g/mol. The zero-order valence-corrected chi connectivity index (χ0v) is 29.0. The number of amides is 1. The number of ether oxygens (including phenoxy) is 2. The summed E-state index contributed by atoms with van der Waals surface area (Å²) in [6, 6.07) is 18.7. The predicted octanol–water partition coefficient (Wildman–Crippen LogP) is 9.19. The summed E-state index contributed by atoms with van der Waals surface area (Å²) in [6.45, 7) is 6.62. The molecule has 11 heteroatoms. The van der Waals surface area contributed by atoms with Crippen LogP contribution < -0.4 is 20.1 Å². The molecule has 5 rings (SSSR count). The van der Waals surface area contributed by atoms with Gasteiger partial charge in [-0.25, -0.2) is 4.68 Å². The van der Waals surface area contributed by atoms with Gasteiger partial charge in [0.05, 0.1) is 23.8 Å². The second-order valence-electron chi connectivity index (χ2n) is 10.8. The van der Waals surface area contributed by atoms with Crippen molar-refractivity contribution < 1.29 is 14.3 Å². The summed E-state index contributed by atoms with van der Waals surface area (Å²) < 4.78 is 14.5. The van der Waals surface area contributed by atoms with Crippen molar-refractivity contribution in [3.63, 3.8) is 0 Å². The number of halogens is 2. The molecule has 45 heavy (non-hydrogen) atoms. The van der Waals surface area contributed by atoms with Gasteiger partial charge in [-0.3, -0.25) is 4.79 Å². The van der Waals surface area contributed by atoms with Crippen molar-refractivity contribution in [1.29, 1.82) is 0 Å². The number of hydrogen-bond donors (Lipinski definition) is 2. The number of hydrogen-bond acceptors (Lipinski definition) is 7. The second-order valence-corrected chi connectivity index (χ2v) is 13.0. The highest BCUT2D eigenvalue weighted by molar-refractivity contribution is 9.10. The molecule has 4 aromatic rings. The number of nitrogens with zero attached hydrogens (tertiary/aromatic N) is 3. The Labute approximate surface area is 282 Å². The maximum absolute atomic E-state index is 14.1. The molecule has 0 fully saturated rings. The molecule has 1 unspecified atom stereocenters. The first-order valence-electron chi connectivity index (χ1n) is 15.0. The lowest BCUT2D eigenvalue weighted by Crippen LogP contribution is -2.31. The summed E-state index contributed by atoms with van der Waals surface area (Å²) in [5.74, 6) is 2.10. The molecule has 2 heterocycles. The van der Waals surface area contributed by atoms with Crippen LogP contribution in [-0.4, -0.2) is 34.4 Å². The van der Waals surface area contributed by atoms with Gasteiger partial charge in [0.1, 0.15) is 6.04 Å². The molecule has 0 aliphatic carbocycles. The summed E-state index contributed by atoms with van der Waals surface area (Å²) in [5.41, 5.74) is 4.69. The van der Waals surface area contributed by atoms with Gasteiger partial charge < -0.3 is 20.1 Å². The summed E-state index contributed by atoms with van der Waals surface area (Å²) in [5, 5.41) is 12.6. The van der Waals surface area contributed by atoms with Crippen LogP contribution in [0.4, 0.5) is 11.6 Å². The van der Waals surface area contributed by atoms with Gasteiger partial charge in [-0.15, -0.1) is 5.10 Å². The minimum atomic E-state index is -0.601. The molecule has 0 radical (unpaired) electrons. The molecule has 3 aromatic carbocycles. The zero-order chi connectivity index (χ0) is 31.9. The first-order valence-corrected chi connectivity index (χ1v) is 17.1. The molecule has 8 nitrogen and oxygen atoms in total.